The van der Waals surface area contributed by atoms with Gasteiger partial charge in [0.2, 0.25) is 0 Å². The first kappa shape index (κ1) is 34.1. The number of aryl methyl sites for hydroxylation is 4. The number of H-pyrrole nitrogens is 2. The third-order valence-electron chi connectivity index (χ3n) is 8.94. The molecule has 3 aromatic carbocycles. The average Bonchev–Trinajstić information content (AvgIpc) is 3.85. The average molecular weight is 719 g/mol. The Balaban J connectivity index is 0.000000162. The van der Waals surface area contributed by atoms with Crippen molar-refractivity contribution in [3.63, 3.8) is 0 Å². The van der Waals surface area contributed by atoms with Gasteiger partial charge in [-0.15, -0.1) is 0 Å². The fourth-order valence-corrected chi connectivity index (χ4v) is 6.51. The van der Waals surface area contributed by atoms with Gasteiger partial charge in [0.15, 0.2) is 5.65 Å². The molecular formula is C38H35ClN8O5. The third kappa shape index (κ3) is 6.49. The lowest BCUT2D eigenvalue weighted by atomic mass is 10.0. The Labute approximate surface area is 301 Å². The summed E-state index contributed by atoms with van der Waals surface area (Å²) in [5.74, 6) is 2.21. The summed E-state index contributed by atoms with van der Waals surface area (Å²) in [7, 11) is 1.62. The molecule has 0 aliphatic carbocycles. The number of nitrogens with two attached hydrogens (primary N) is 1. The number of rotatable bonds is 7. The molecule has 0 aliphatic rings. The van der Waals surface area contributed by atoms with E-state index in [0.29, 0.717) is 40.7 Å². The Kier molecular flexibility index (Phi) is 9.03. The van der Waals surface area contributed by atoms with Crippen LogP contribution < -0.4 is 21.9 Å². The number of nitrogens with one attached hydrogen (secondary N) is 2. The van der Waals surface area contributed by atoms with Crippen LogP contribution in [-0.2, 0) is 13.1 Å². The summed E-state index contributed by atoms with van der Waals surface area (Å²) in [4.78, 5) is 34.9. The number of methoxy groups -OCH3 is 1. The van der Waals surface area contributed by atoms with Crippen molar-refractivity contribution in [2.75, 3.05) is 12.8 Å². The van der Waals surface area contributed by atoms with Gasteiger partial charge in [0.1, 0.15) is 17.3 Å². The second-order valence-corrected chi connectivity index (χ2v) is 12.9. The summed E-state index contributed by atoms with van der Waals surface area (Å²) in [6, 6.07) is 20.8. The van der Waals surface area contributed by atoms with E-state index in [2.05, 4.69) is 25.3 Å². The molecule has 264 valence electrons. The Bertz CT molecular complexity index is 2640. The van der Waals surface area contributed by atoms with Crippen LogP contribution in [0.15, 0.2) is 91.6 Å². The van der Waals surface area contributed by atoms with Crippen molar-refractivity contribution >= 4 is 39.5 Å². The molecule has 8 rings (SSSR count). The van der Waals surface area contributed by atoms with Gasteiger partial charge in [-0.05, 0) is 86.8 Å². The van der Waals surface area contributed by atoms with Crippen molar-refractivity contribution in [2.24, 2.45) is 0 Å². The number of imidazole rings is 2. The van der Waals surface area contributed by atoms with E-state index in [1.807, 2.05) is 94.4 Å². The van der Waals surface area contributed by atoms with E-state index in [9.17, 15) is 9.59 Å². The molecule has 5 heterocycles. The standard InChI is InChI=1S/C20H20N4O3.C18H15ClN4O2/c1-11-18(12(2)27-23-11)14-8-16(21)19-17(9-14)24(20(25)22-19)10-13-4-6-15(26-3)7-5-13;1-10-16(11(2)25-22-10)13-7-15-17(20-8-13)21-18(24)23(15)9-12-3-5-14(19)6-4-12/h4-9H,10,21H2,1-3H3,(H,22,25);3-8H,9H2,1-2H3,(H,20,21,24). The zero-order valence-corrected chi connectivity index (χ0v) is 29.8. The van der Waals surface area contributed by atoms with E-state index < -0.39 is 0 Å². The number of hydrogen-bond donors (Lipinski definition) is 3. The number of halogens is 1. The molecule has 0 atom stereocenters. The molecule has 0 bridgehead atoms. The number of aromatic amines is 2. The third-order valence-corrected chi connectivity index (χ3v) is 9.19. The number of nitrogens with zero attached hydrogens (tertiary/aromatic N) is 5. The lowest BCUT2D eigenvalue weighted by molar-refractivity contribution is 0.393. The summed E-state index contributed by atoms with van der Waals surface area (Å²) in [6.45, 7) is 8.34. The molecule has 0 spiro atoms. The van der Waals surface area contributed by atoms with Crippen LogP contribution >= 0.6 is 11.6 Å². The molecule has 0 amide bonds. The first-order valence-electron chi connectivity index (χ1n) is 16.3. The van der Waals surface area contributed by atoms with Crippen molar-refractivity contribution in [1.82, 2.24) is 34.4 Å². The molecule has 52 heavy (non-hydrogen) atoms. The van der Waals surface area contributed by atoms with Crippen molar-refractivity contribution in [1.29, 1.82) is 0 Å². The second-order valence-electron chi connectivity index (χ2n) is 12.5. The summed E-state index contributed by atoms with van der Waals surface area (Å²) in [5.41, 5.74) is 16.1. The van der Waals surface area contributed by atoms with Gasteiger partial charge < -0.3 is 24.5 Å². The SMILES string of the molecule is COc1ccc(Cn2c(=O)[nH]c3c(N)cc(-c4c(C)noc4C)cc32)cc1.Cc1noc(C)c1-c1cnc2[nH]c(=O)n(Cc3ccc(Cl)cc3)c2c1. The number of fused-ring (bicyclic) bond motifs is 2. The van der Waals surface area contributed by atoms with Crippen molar-refractivity contribution in [3.05, 3.63) is 133 Å². The predicted molar refractivity (Wildman–Crippen MR) is 200 cm³/mol. The van der Waals surface area contributed by atoms with Crippen molar-refractivity contribution < 1.29 is 13.8 Å². The van der Waals surface area contributed by atoms with Gasteiger partial charge in [-0.2, -0.15) is 0 Å². The maximum absolute atomic E-state index is 12.5. The number of hydrogen-bond acceptors (Lipinski definition) is 9. The zero-order chi connectivity index (χ0) is 36.7. The smallest absolute Gasteiger partial charge is 0.327 e. The molecule has 13 nitrogen and oxygen atoms in total. The predicted octanol–water partition coefficient (Wildman–Crippen LogP) is 6.94. The highest BCUT2D eigenvalue weighted by molar-refractivity contribution is 6.30. The largest absolute Gasteiger partial charge is 0.497 e. The number of pyridine rings is 1. The first-order chi connectivity index (χ1) is 25.0. The van der Waals surface area contributed by atoms with Gasteiger partial charge in [-0.1, -0.05) is 46.2 Å². The van der Waals surface area contributed by atoms with Crippen molar-refractivity contribution in [3.8, 4) is 28.0 Å². The van der Waals surface area contributed by atoms with Crippen LogP contribution in [0.25, 0.3) is 44.5 Å². The van der Waals surface area contributed by atoms with E-state index in [-0.39, 0.29) is 11.4 Å². The molecule has 14 heteroatoms. The van der Waals surface area contributed by atoms with Gasteiger partial charge in [0.05, 0.1) is 53.8 Å². The van der Waals surface area contributed by atoms with Crippen LogP contribution in [0.2, 0.25) is 5.02 Å². The van der Waals surface area contributed by atoms with E-state index in [1.165, 1.54) is 0 Å². The summed E-state index contributed by atoms with van der Waals surface area (Å²) in [6.07, 6.45) is 1.72. The highest BCUT2D eigenvalue weighted by Crippen LogP contribution is 2.32. The maximum Gasteiger partial charge on any atom is 0.327 e. The Morgan fingerprint density at radius 1 is 0.750 bits per heavy atom. The van der Waals surface area contributed by atoms with Crippen LogP contribution in [0.4, 0.5) is 5.69 Å². The molecule has 0 saturated carbocycles. The van der Waals surface area contributed by atoms with E-state index in [0.717, 1.165) is 67.3 Å². The highest BCUT2D eigenvalue weighted by atomic mass is 35.5. The normalized spacial score (nSPS) is 11.3. The van der Waals surface area contributed by atoms with Crippen LogP contribution in [-0.4, -0.2) is 41.5 Å². The second kappa shape index (κ2) is 13.8. The van der Waals surface area contributed by atoms with Crippen molar-refractivity contribution in [2.45, 2.75) is 40.8 Å². The van der Waals surface area contributed by atoms with Gasteiger partial charge in [-0.25, -0.2) is 14.6 Å². The summed E-state index contributed by atoms with van der Waals surface area (Å²) in [5, 5.41) is 8.66. The van der Waals surface area contributed by atoms with Crippen LogP contribution in [0, 0.1) is 27.7 Å². The highest BCUT2D eigenvalue weighted by Gasteiger charge is 2.18. The lowest BCUT2D eigenvalue weighted by Crippen LogP contribution is -2.17. The van der Waals surface area contributed by atoms with Gasteiger partial charge in [0, 0.05) is 27.9 Å². The number of benzene rings is 3. The van der Waals surface area contributed by atoms with E-state index in [1.54, 1.807) is 22.4 Å². The molecule has 0 unspecified atom stereocenters. The quantitative estimate of drug-likeness (QED) is 0.147. The molecule has 5 aromatic heterocycles. The first-order valence-corrected chi connectivity index (χ1v) is 16.7. The number of nitrogen functional groups attached to an aromatic ring is 1. The fourth-order valence-electron chi connectivity index (χ4n) is 6.39. The monoisotopic (exact) mass is 718 g/mol. The molecule has 0 saturated heterocycles. The topological polar surface area (TPSA) is 176 Å². The maximum atomic E-state index is 12.5. The zero-order valence-electron chi connectivity index (χ0n) is 29.1. The minimum Gasteiger partial charge on any atom is -0.497 e. The van der Waals surface area contributed by atoms with Crippen LogP contribution in [0.1, 0.15) is 34.0 Å². The Hall–Kier alpha value is -6.34. The van der Waals surface area contributed by atoms with Gasteiger partial charge in [0.25, 0.3) is 0 Å². The molecule has 4 N–H and O–H groups in total. The summed E-state index contributed by atoms with van der Waals surface area (Å²) < 4.78 is 19.0. The fraction of sp³-hybridized carbons (Fsp3) is 0.184. The van der Waals surface area contributed by atoms with E-state index >= 15 is 0 Å². The molecule has 0 aliphatic heterocycles. The number of aromatic nitrogens is 7. The minimum atomic E-state index is -0.205. The molecular weight excluding hydrogens is 684 g/mol. The number of ether oxygens (including phenoxy) is 1. The minimum absolute atomic E-state index is 0.201. The number of anilines is 1. The molecule has 0 radical (unpaired) electrons. The lowest BCUT2D eigenvalue weighted by Gasteiger charge is -2.08. The Morgan fingerprint density at radius 2 is 1.29 bits per heavy atom. The molecule has 8 aromatic rings. The molecule has 0 fully saturated rings. The summed E-state index contributed by atoms with van der Waals surface area (Å²) >= 11 is 5.93. The van der Waals surface area contributed by atoms with Crippen LogP contribution in [0.3, 0.4) is 0 Å². The Morgan fingerprint density at radius 3 is 1.87 bits per heavy atom. The van der Waals surface area contributed by atoms with Crippen LogP contribution in [0.5, 0.6) is 5.75 Å². The van der Waals surface area contributed by atoms with Gasteiger partial charge >= 0.3 is 11.4 Å². The van der Waals surface area contributed by atoms with Gasteiger partial charge in [-0.3, -0.25) is 14.1 Å². The van der Waals surface area contributed by atoms with E-state index in [4.69, 9.17) is 31.1 Å².